The second kappa shape index (κ2) is 9.01. The van der Waals surface area contributed by atoms with Crippen LogP contribution in [-0.4, -0.2) is 30.6 Å². The molecule has 2 amide bonds. The predicted octanol–water partition coefficient (Wildman–Crippen LogP) is 4.45. The van der Waals surface area contributed by atoms with Crippen molar-refractivity contribution in [3.05, 3.63) is 76.0 Å². The van der Waals surface area contributed by atoms with Gasteiger partial charge in [0.15, 0.2) is 0 Å². The molecule has 29 heavy (non-hydrogen) atoms. The van der Waals surface area contributed by atoms with Crippen molar-refractivity contribution in [2.45, 2.75) is 26.5 Å². The minimum Gasteiger partial charge on any atom is -0.489 e. The number of allylic oxidation sites excluding steroid dienone is 1. The Hall–Kier alpha value is -2.99. The van der Waals surface area contributed by atoms with Gasteiger partial charge < -0.3 is 14.8 Å². The number of carbonyl (C=O) groups is 2. The number of amides is 2. The van der Waals surface area contributed by atoms with Crippen LogP contribution in [0.3, 0.4) is 0 Å². The third kappa shape index (κ3) is 4.38. The van der Waals surface area contributed by atoms with Crippen LogP contribution < -0.4 is 10.1 Å². The van der Waals surface area contributed by atoms with Crippen molar-refractivity contribution in [3.63, 3.8) is 0 Å². The first kappa shape index (κ1) is 20.7. The normalized spacial score (nSPS) is 16.5. The summed E-state index contributed by atoms with van der Waals surface area (Å²) in [6, 6.07) is 13.8. The van der Waals surface area contributed by atoms with E-state index in [0.717, 1.165) is 5.56 Å². The standard InChI is InChI=1S/C22H23ClN2O4/c1-4-25-14(2)19(21(26)28-3)20(24-22(25)27)17-12-16(23)10-11-18(17)29-13-15-8-6-5-7-9-15/h5-12,20H,4,13H2,1-3H3,(H,24,27)/t20-/m1/s1. The number of nitrogens with zero attached hydrogens (tertiary/aromatic N) is 1. The summed E-state index contributed by atoms with van der Waals surface area (Å²) in [6.45, 7) is 4.34. The number of carbonyl (C=O) groups excluding carboxylic acids is 2. The van der Waals surface area contributed by atoms with Gasteiger partial charge in [0.2, 0.25) is 0 Å². The number of esters is 1. The molecule has 0 fully saturated rings. The van der Waals surface area contributed by atoms with Crippen LogP contribution in [0.2, 0.25) is 5.02 Å². The number of hydrogen-bond donors (Lipinski definition) is 1. The van der Waals surface area contributed by atoms with Crippen LogP contribution in [0.1, 0.15) is 31.0 Å². The molecule has 0 aromatic heterocycles. The Morgan fingerprint density at radius 1 is 1.21 bits per heavy atom. The number of urea groups is 1. The number of rotatable bonds is 6. The van der Waals surface area contributed by atoms with E-state index in [2.05, 4.69) is 5.32 Å². The van der Waals surface area contributed by atoms with Crippen molar-refractivity contribution in [1.29, 1.82) is 0 Å². The van der Waals surface area contributed by atoms with Gasteiger partial charge in [-0.2, -0.15) is 0 Å². The van der Waals surface area contributed by atoms with Crippen LogP contribution in [0.25, 0.3) is 0 Å². The Balaban J connectivity index is 2.03. The first-order chi connectivity index (χ1) is 14.0. The van der Waals surface area contributed by atoms with E-state index in [0.29, 0.717) is 40.8 Å². The number of nitrogens with one attached hydrogen (secondary N) is 1. The van der Waals surface area contributed by atoms with Gasteiger partial charge in [-0.05, 0) is 37.6 Å². The SMILES string of the molecule is CCN1C(=O)N[C@H](c2cc(Cl)ccc2OCc2ccccc2)C(C(=O)OC)=C1C. The van der Waals surface area contributed by atoms with Gasteiger partial charge >= 0.3 is 12.0 Å². The molecule has 0 bridgehead atoms. The Bertz CT molecular complexity index is 943. The van der Waals surface area contributed by atoms with Crippen LogP contribution in [0.5, 0.6) is 5.75 Å². The molecular formula is C22H23ClN2O4. The highest BCUT2D eigenvalue weighted by molar-refractivity contribution is 6.30. The minimum absolute atomic E-state index is 0.295. The maximum absolute atomic E-state index is 12.6. The molecule has 0 radical (unpaired) electrons. The zero-order valence-electron chi connectivity index (χ0n) is 16.6. The fraction of sp³-hybridized carbons (Fsp3) is 0.273. The monoisotopic (exact) mass is 414 g/mol. The molecule has 1 N–H and O–H groups in total. The molecule has 1 aliphatic heterocycles. The van der Waals surface area contributed by atoms with Crippen molar-refractivity contribution in [3.8, 4) is 5.75 Å². The fourth-order valence-corrected chi connectivity index (χ4v) is 3.56. The number of ether oxygens (including phenoxy) is 2. The molecule has 1 heterocycles. The summed E-state index contributed by atoms with van der Waals surface area (Å²) in [4.78, 5) is 26.7. The second-order valence-electron chi connectivity index (χ2n) is 6.57. The molecule has 2 aromatic carbocycles. The van der Waals surface area contributed by atoms with Crippen molar-refractivity contribution in [2.75, 3.05) is 13.7 Å². The van der Waals surface area contributed by atoms with Crippen LogP contribution >= 0.6 is 11.6 Å². The van der Waals surface area contributed by atoms with Gasteiger partial charge in [0.05, 0.1) is 18.7 Å². The molecule has 0 saturated carbocycles. The summed E-state index contributed by atoms with van der Waals surface area (Å²) in [5.41, 5.74) is 2.48. The highest BCUT2D eigenvalue weighted by atomic mass is 35.5. The van der Waals surface area contributed by atoms with E-state index in [9.17, 15) is 9.59 Å². The fourth-order valence-electron chi connectivity index (χ4n) is 3.38. The van der Waals surface area contributed by atoms with Crippen LogP contribution in [0, 0.1) is 0 Å². The van der Waals surface area contributed by atoms with Crippen LogP contribution in [-0.2, 0) is 16.1 Å². The van der Waals surface area contributed by atoms with E-state index in [1.807, 2.05) is 37.3 Å². The topological polar surface area (TPSA) is 67.9 Å². The molecule has 7 heteroatoms. The molecule has 2 aromatic rings. The summed E-state index contributed by atoms with van der Waals surface area (Å²) in [5, 5.41) is 3.36. The molecule has 0 aliphatic carbocycles. The van der Waals surface area contributed by atoms with E-state index >= 15 is 0 Å². The molecule has 0 saturated heterocycles. The van der Waals surface area contributed by atoms with Gasteiger partial charge in [-0.15, -0.1) is 0 Å². The van der Waals surface area contributed by atoms with Crippen molar-refractivity contribution in [2.24, 2.45) is 0 Å². The third-order valence-corrected chi connectivity index (χ3v) is 5.07. The molecule has 1 aliphatic rings. The molecule has 0 spiro atoms. The lowest BCUT2D eigenvalue weighted by Crippen LogP contribution is -2.47. The van der Waals surface area contributed by atoms with Crippen LogP contribution in [0.4, 0.5) is 4.79 Å². The summed E-state index contributed by atoms with van der Waals surface area (Å²) in [7, 11) is 1.32. The smallest absolute Gasteiger partial charge is 0.337 e. The summed E-state index contributed by atoms with van der Waals surface area (Å²) in [6.07, 6.45) is 0. The Morgan fingerprint density at radius 2 is 1.93 bits per heavy atom. The van der Waals surface area contributed by atoms with E-state index in [4.69, 9.17) is 21.1 Å². The molecule has 0 unspecified atom stereocenters. The maximum Gasteiger partial charge on any atom is 0.337 e. The molecular weight excluding hydrogens is 392 g/mol. The van der Waals surface area contributed by atoms with E-state index in [-0.39, 0.29) is 6.03 Å². The number of halogens is 1. The van der Waals surface area contributed by atoms with Gasteiger partial charge in [0.25, 0.3) is 0 Å². The minimum atomic E-state index is -0.734. The highest BCUT2D eigenvalue weighted by Gasteiger charge is 2.37. The van der Waals surface area contributed by atoms with Crippen molar-refractivity contribution < 1.29 is 19.1 Å². The van der Waals surface area contributed by atoms with Crippen LogP contribution in [0.15, 0.2) is 59.8 Å². The molecule has 152 valence electrons. The van der Waals surface area contributed by atoms with Gasteiger partial charge in [-0.1, -0.05) is 41.9 Å². The average molecular weight is 415 g/mol. The first-order valence-corrected chi connectivity index (χ1v) is 9.67. The second-order valence-corrected chi connectivity index (χ2v) is 7.01. The highest BCUT2D eigenvalue weighted by Crippen LogP contribution is 2.37. The van der Waals surface area contributed by atoms with Gasteiger partial charge in [0.1, 0.15) is 12.4 Å². The average Bonchev–Trinajstić information content (AvgIpc) is 2.73. The number of methoxy groups -OCH3 is 1. The summed E-state index contributed by atoms with van der Waals surface area (Å²) < 4.78 is 11.0. The lowest BCUT2D eigenvalue weighted by molar-refractivity contribution is -0.136. The summed E-state index contributed by atoms with van der Waals surface area (Å²) in [5.74, 6) is 0.0163. The first-order valence-electron chi connectivity index (χ1n) is 9.29. The Kier molecular flexibility index (Phi) is 6.44. The Morgan fingerprint density at radius 3 is 2.59 bits per heavy atom. The quantitative estimate of drug-likeness (QED) is 0.709. The molecule has 3 rings (SSSR count). The van der Waals surface area contributed by atoms with E-state index in [1.165, 1.54) is 12.0 Å². The van der Waals surface area contributed by atoms with Gasteiger partial charge in [0, 0.05) is 22.8 Å². The predicted molar refractivity (Wildman–Crippen MR) is 111 cm³/mol. The zero-order chi connectivity index (χ0) is 21.0. The largest absolute Gasteiger partial charge is 0.489 e. The van der Waals surface area contributed by atoms with Crippen molar-refractivity contribution in [1.82, 2.24) is 10.2 Å². The lowest BCUT2D eigenvalue weighted by Gasteiger charge is -2.35. The zero-order valence-corrected chi connectivity index (χ0v) is 17.3. The Labute approximate surface area is 175 Å². The number of hydrogen-bond acceptors (Lipinski definition) is 4. The third-order valence-electron chi connectivity index (χ3n) is 4.84. The molecule has 1 atom stereocenters. The van der Waals surface area contributed by atoms with Gasteiger partial charge in [-0.3, -0.25) is 4.90 Å². The van der Waals surface area contributed by atoms with E-state index in [1.54, 1.807) is 25.1 Å². The maximum atomic E-state index is 12.6. The van der Waals surface area contributed by atoms with Crippen molar-refractivity contribution >= 4 is 23.6 Å². The summed E-state index contributed by atoms with van der Waals surface area (Å²) >= 11 is 6.23. The molecule has 6 nitrogen and oxygen atoms in total. The van der Waals surface area contributed by atoms with Gasteiger partial charge in [-0.25, -0.2) is 9.59 Å². The lowest BCUT2D eigenvalue weighted by atomic mass is 9.94. The number of benzene rings is 2. The van der Waals surface area contributed by atoms with E-state index < -0.39 is 12.0 Å².